The number of amides is 1. The highest BCUT2D eigenvalue weighted by Gasteiger charge is 2.09. The molecule has 3 N–H and O–H groups in total. The van der Waals surface area contributed by atoms with Crippen molar-refractivity contribution in [2.75, 3.05) is 0 Å². The predicted molar refractivity (Wildman–Crippen MR) is 92.8 cm³/mol. The summed E-state index contributed by atoms with van der Waals surface area (Å²) in [7, 11) is 0. The van der Waals surface area contributed by atoms with E-state index in [1.807, 2.05) is 6.07 Å². The zero-order valence-electron chi connectivity index (χ0n) is 12.9. The van der Waals surface area contributed by atoms with Crippen molar-refractivity contribution in [1.29, 1.82) is 0 Å². The third-order valence-electron chi connectivity index (χ3n) is 3.79. The Morgan fingerprint density at radius 2 is 2.08 bits per heavy atom. The van der Waals surface area contributed by atoms with Crippen LogP contribution in [0.5, 0.6) is 0 Å². The maximum absolute atomic E-state index is 13.7. The van der Waals surface area contributed by atoms with E-state index in [9.17, 15) is 9.18 Å². The molecular formula is C18H12FN5O. The maximum Gasteiger partial charge on any atom is 0.241 e. The second kappa shape index (κ2) is 5.79. The van der Waals surface area contributed by atoms with Crippen molar-refractivity contribution in [1.82, 2.24) is 19.9 Å². The summed E-state index contributed by atoms with van der Waals surface area (Å²) in [4.78, 5) is 27.0. The molecule has 0 aliphatic carbocycles. The lowest BCUT2D eigenvalue weighted by molar-refractivity contribution is -0.113. The number of nitrogens with one attached hydrogen (secondary N) is 1. The van der Waals surface area contributed by atoms with Crippen LogP contribution >= 0.6 is 0 Å². The molecule has 3 aromatic heterocycles. The van der Waals surface area contributed by atoms with Gasteiger partial charge in [-0.1, -0.05) is 12.1 Å². The van der Waals surface area contributed by atoms with Gasteiger partial charge >= 0.3 is 0 Å². The average Bonchev–Trinajstić information content (AvgIpc) is 3.02. The third-order valence-corrected chi connectivity index (χ3v) is 3.79. The average molecular weight is 333 g/mol. The molecule has 0 atom stereocenters. The molecule has 0 saturated carbocycles. The molecule has 25 heavy (non-hydrogen) atoms. The molecule has 0 aliphatic heterocycles. The minimum absolute atomic E-state index is 0.312. The molecule has 0 unspecified atom stereocenters. The number of primary amides is 1. The number of aromatic amines is 1. The SMILES string of the molecule is NC(=O)/C=C/c1c[nH]c2ncc(-c3cnc4c(F)cccc4c3)nc12. The Hall–Kier alpha value is -3.61. The van der Waals surface area contributed by atoms with E-state index in [0.717, 1.165) is 5.56 Å². The molecule has 0 spiro atoms. The number of pyridine rings is 1. The Bertz CT molecular complexity index is 1150. The number of benzene rings is 1. The zero-order chi connectivity index (χ0) is 17.4. The fraction of sp³-hybridized carbons (Fsp3) is 0. The number of carbonyl (C=O) groups is 1. The summed E-state index contributed by atoms with van der Waals surface area (Å²) in [5, 5.41) is 0.683. The fourth-order valence-corrected chi connectivity index (χ4v) is 2.61. The molecule has 122 valence electrons. The first-order chi connectivity index (χ1) is 12.1. The summed E-state index contributed by atoms with van der Waals surface area (Å²) < 4.78 is 13.7. The van der Waals surface area contributed by atoms with Gasteiger partial charge in [-0.05, 0) is 18.2 Å². The van der Waals surface area contributed by atoms with E-state index in [1.165, 1.54) is 12.1 Å². The van der Waals surface area contributed by atoms with Crippen LogP contribution in [0.25, 0.3) is 39.4 Å². The largest absolute Gasteiger partial charge is 0.366 e. The molecule has 0 aliphatic rings. The molecule has 1 aromatic carbocycles. The monoisotopic (exact) mass is 333 g/mol. The Morgan fingerprint density at radius 1 is 1.20 bits per heavy atom. The molecule has 0 radical (unpaired) electrons. The Labute approximate surface area is 141 Å². The Kier molecular flexibility index (Phi) is 3.46. The van der Waals surface area contributed by atoms with Gasteiger partial charge < -0.3 is 10.7 Å². The first-order valence-corrected chi connectivity index (χ1v) is 7.48. The van der Waals surface area contributed by atoms with Crippen LogP contribution in [-0.4, -0.2) is 25.8 Å². The van der Waals surface area contributed by atoms with Crippen LogP contribution in [-0.2, 0) is 4.79 Å². The van der Waals surface area contributed by atoms with E-state index in [0.29, 0.717) is 33.3 Å². The fourth-order valence-electron chi connectivity index (χ4n) is 2.61. The molecule has 6 nitrogen and oxygen atoms in total. The highest BCUT2D eigenvalue weighted by atomic mass is 19.1. The van der Waals surface area contributed by atoms with Crippen molar-refractivity contribution in [2.45, 2.75) is 0 Å². The Morgan fingerprint density at radius 3 is 2.92 bits per heavy atom. The highest BCUT2D eigenvalue weighted by molar-refractivity contribution is 5.94. The second-order valence-electron chi connectivity index (χ2n) is 5.47. The lowest BCUT2D eigenvalue weighted by Crippen LogP contribution is -2.05. The van der Waals surface area contributed by atoms with Gasteiger partial charge in [-0.3, -0.25) is 9.78 Å². The smallest absolute Gasteiger partial charge is 0.241 e. The van der Waals surface area contributed by atoms with E-state index >= 15 is 0 Å². The van der Waals surface area contributed by atoms with Crippen molar-refractivity contribution in [2.24, 2.45) is 5.73 Å². The molecule has 0 bridgehead atoms. The van der Waals surface area contributed by atoms with Gasteiger partial charge in [0.05, 0.1) is 11.9 Å². The molecule has 4 rings (SSSR count). The van der Waals surface area contributed by atoms with E-state index < -0.39 is 5.91 Å². The van der Waals surface area contributed by atoms with Gasteiger partial charge in [-0.2, -0.15) is 0 Å². The van der Waals surface area contributed by atoms with Gasteiger partial charge in [0, 0.05) is 35.0 Å². The number of rotatable bonds is 3. The van der Waals surface area contributed by atoms with Crippen molar-refractivity contribution < 1.29 is 9.18 Å². The molecule has 1 amide bonds. The normalized spacial score (nSPS) is 11.6. The van der Waals surface area contributed by atoms with E-state index in [1.54, 1.807) is 36.8 Å². The summed E-state index contributed by atoms with van der Waals surface area (Å²) in [5.74, 6) is -0.908. The quantitative estimate of drug-likeness (QED) is 0.563. The minimum atomic E-state index is -0.542. The molecule has 0 saturated heterocycles. The number of para-hydroxylation sites is 1. The number of aromatic nitrogens is 4. The van der Waals surface area contributed by atoms with Crippen LogP contribution < -0.4 is 5.73 Å². The van der Waals surface area contributed by atoms with Crippen LogP contribution in [0.2, 0.25) is 0 Å². The molecule has 0 fully saturated rings. The minimum Gasteiger partial charge on any atom is -0.366 e. The highest BCUT2D eigenvalue weighted by Crippen LogP contribution is 2.24. The molecule has 7 heteroatoms. The molecular weight excluding hydrogens is 321 g/mol. The van der Waals surface area contributed by atoms with Gasteiger partial charge in [0.2, 0.25) is 5.91 Å². The first-order valence-electron chi connectivity index (χ1n) is 7.48. The topological polar surface area (TPSA) is 97.6 Å². The van der Waals surface area contributed by atoms with E-state index in [4.69, 9.17) is 5.73 Å². The number of carbonyl (C=O) groups excluding carboxylic acids is 1. The van der Waals surface area contributed by atoms with Gasteiger partial charge in [-0.15, -0.1) is 0 Å². The summed E-state index contributed by atoms with van der Waals surface area (Å²) in [6.07, 6.45) is 7.71. The van der Waals surface area contributed by atoms with Crippen LogP contribution in [0.1, 0.15) is 5.56 Å². The first kappa shape index (κ1) is 14.9. The maximum atomic E-state index is 13.7. The second-order valence-corrected chi connectivity index (χ2v) is 5.47. The van der Waals surface area contributed by atoms with Crippen LogP contribution in [0.4, 0.5) is 4.39 Å². The summed E-state index contributed by atoms with van der Waals surface area (Å²) in [5.41, 5.74) is 8.65. The number of hydrogen-bond donors (Lipinski definition) is 2. The van der Waals surface area contributed by atoms with Gasteiger partial charge in [0.25, 0.3) is 0 Å². The van der Waals surface area contributed by atoms with Gasteiger partial charge in [0.1, 0.15) is 16.9 Å². The predicted octanol–water partition coefficient (Wildman–Crippen LogP) is 2.81. The zero-order valence-corrected chi connectivity index (χ0v) is 12.9. The summed E-state index contributed by atoms with van der Waals surface area (Å²) in [6.45, 7) is 0. The van der Waals surface area contributed by atoms with Crippen LogP contribution in [0, 0.1) is 5.82 Å². The summed E-state index contributed by atoms with van der Waals surface area (Å²) >= 11 is 0. The van der Waals surface area contributed by atoms with Crippen molar-refractivity contribution in [3.8, 4) is 11.3 Å². The van der Waals surface area contributed by atoms with Crippen LogP contribution in [0.15, 0.2) is 48.9 Å². The molecule has 3 heterocycles. The van der Waals surface area contributed by atoms with Gasteiger partial charge in [0.15, 0.2) is 5.65 Å². The number of fused-ring (bicyclic) bond motifs is 2. The standard InChI is InChI=1S/C18H12FN5O/c19-13-3-1-2-10-6-12(8-21-16(10)13)14-9-23-18-17(24-14)11(7-22-18)4-5-15(20)25/h1-9H,(H2,20,25)(H,22,23)/b5-4+. The van der Waals surface area contributed by atoms with Crippen molar-refractivity contribution in [3.63, 3.8) is 0 Å². The lowest BCUT2D eigenvalue weighted by atomic mass is 10.1. The third kappa shape index (κ3) is 2.72. The number of nitrogens with zero attached hydrogens (tertiary/aromatic N) is 3. The molecule has 4 aromatic rings. The lowest BCUT2D eigenvalue weighted by Gasteiger charge is -2.04. The van der Waals surface area contributed by atoms with E-state index in [2.05, 4.69) is 19.9 Å². The van der Waals surface area contributed by atoms with Crippen LogP contribution in [0.3, 0.4) is 0 Å². The van der Waals surface area contributed by atoms with E-state index in [-0.39, 0.29) is 5.82 Å². The number of nitrogens with two attached hydrogens (primary N) is 1. The summed E-state index contributed by atoms with van der Waals surface area (Å²) in [6, 6.07) is 6.61. The number of halogens is 1. The Balaban J connectivity index is 1.84. The van der Waals surface area contributed by atoms with Gasteiger partial charge in [-0.25, -0.2) is 14.4 Å². The van der Waals surface area contributed by atoms with Crippen molar-refractivity contribution in [3.05, 3.63) is 60.3 Å². The number of H-pyrrole nitrogens is 1. The number of hydrogen-bond acceptors (Lipinski definition) is 4. The van der Waals surface area contributed by atoms with Crippen molar-refractivity contribution >= 4 is 34.1 Å².